The molecule has 0 spiro atoms. The second-order valence-electron chi connectivity index (χ2n) is 5.67. The molecule has 4 nitrogen and oxygen atoms in total. The summed E-state index contributed by atoms with van der Waals surface area (Å²) in [5, 5.41) is 4.26. The van der Waals surface area contributed by atoms with Gasteiger partial charge in [-0.3, -0.25) is 0 Å². The Balaban J connectivity index is 1.59. The summed E-state index contributed by atoms with van der Waals surface area (Å²) < 4.78 is 11.8. The van der Waals surface area contributed by atoms with Gasteiger partial charge in [-0.2, -0.15) is 0 Å². The van der Waals surface area contributed by atoms with Gasteiger partial charge >= 0.3 is 0 Å². The number of nitrogens with one attached hydrogen (secondary N) is 1. The molecular formula is C16H22N2O2S. The predicted octanol–water partition coefficient (Wildman–Crippen LogP) is 2.58. The lowest BCUT2D eigenvalue weighted by molar-refractivity contribution is 0.0740. The lowest BCUT2D eigenvalue weighted by Gasteiger charge is -2.32. The minimum atomic E-state index is 0.0189. The Morgan fingerprint density at radius 3 is 2.81 bits per heavy atom. The van der Waals surface area contributed by atoms with Gasteiger partial charge in [0.2, 0.25) is 0 Å². The lowest BCUT2D eigenvalue weighted by Crippen LogP contribution is -2.48. The third-order valence-electron chi connectivity index (χ3n) is 3.68. The highest BCUT2D eigenvalue weighted by Crippen LogP contribution is 2.31. The summed E-state index contributed by atoms with van der Waals surface area (Å²) >= 11 is 5.52. The van der Waals surface area contributed by atoms with Gasteiger partial charge in [-0.05, 0) is 43.6 Å². The van der Waals surface area contributed by atoms with Crippen molar-refractivity contribution in [1.82, 2.24) is 10.2 Å². The zero-order valence-corrected chi connectivity index (χ0v) is 13.2. The van der Waals surface area contributed by atoms with Gasteiger partial charge in [0.15, 0.2) is 22.7 Å². The number of para-hydroxylation sites is 2. The van der Waals surface area contributed by atoms with Crippen molar-refractivity contribution >= 4 is 17.3 Å². The first-order chi connectivity index (χ1) is 10.3. The van der Waals surface area contributed by atoms with E-state index >= 15 is 0 Å². The van der Waals surface area contributed by atoms with Crippen molar-refractivity contribution < 1.29 is 9.47 Å². The van der Waals surface area contributed by atoms with Crippen molar-refractivity contribution in [2.45, 2.75) is 38.3 Å². The molecule has 0 unspecified atom stereocenters. The highest BCUT2D eigenvalue weighted by molar-refractivity contribution is 7.80. The Morgan fingerprint density at radius 1 is 1.33 bits per heavy atom. The van der Waals surface area contributed by atoms with Crippen LogP contribution >= 0.6 is 12.2 Å². The normalized spacial score (nSPS) is 20.0. The molecule has 1 fully saturated rings. The molecule has 1 atom stereocenters. The Morgan fingerprint density at radius 2 is 2.10 bits per heavy atom. The molecule has 1 aromatic rings. The summed E-state index contributed by atoms with van der Waals surface area (Å²) in [7, 11) is 0. The summed E-state index contributed by atoms with van der Waals surface area (Å²) in [6, 6.07) is 8.40. The molecule has 1 aliphatic heterocycles. The fraction of sp³-hybridized carbons (Fsp3) is 0.562. The SMILES string of the molecule is CCCN(C[C@H]1COc2ccccc2O1)C(=S)NC1CC1. The molecule has 3 rings (SSSR count). The molecule has 2 aliphatic rings. The summed E-state index contributed by atoms with van der Waals surface area (Å²) in [5.74, 6) is 1.65. The number of fused-ring (bicyclic) bond motifs is 1. The van der Waals surface area contributed by atoms with Crippen LogP contribution in [0.4, 0.5) is 0 Å². The van der Waals surface area contributed by atoms with E-state index in [-0.39, 0.29) is 6.10 Å². The first-order valence-corrected chi connectivity index (χ1v) is 8.11. The van der Waals surface area contributed by atoms with Crippen LogP contribution < -0.4 is 14.8 Å². The summed E-state index contributed by atoms with van der Waals surface area (Å²) in [5.41, 5.74) is 0. The maximum Gasteiger partial charge on any atom is 0.169 e. The summed E-state index contributed by atoms with van der Waals surface area (Å²) in [6.45, 7) is 4.45. The molecule has 1 heterocycles. The molecule has 0 aromatic heterocycles. The van der Waals surface area contributed by atoms with Crippen LogP contribution in [0.5, 0.6) is 11.5 Å². The number of nitrogens with zero attached hydrogens (tertiary/aromatic N) is 1. The topological polar surface area (TPSA) is 33.7 Å². The van der Waals surface area contributed by atoms with Gasteiger partial charge in [0.05, 0.1) is 6.54 Å². The quantitative estimate of drug-likeness (QED) is 0.846. The lowest BCUT2D eigenvalue weighted by atomic mass is 10.2. The second-order valence-corrected chi connectivity index (χ2v) is 6.05. The van der Waals surface area contributed by atoms with E-state index in [1.54, 1.807) is 0 Å². The van der Waals surface area contributed by atoms with E-state index in [0.717, 1.165) is 36.1 Å². The van der Waals surface area contributed by atoms with Crippen LogP contribution in [0.2, 0.25) is 0 Å². The van der Waals surface area contributed by atoms with Gasteiger partial charge in [-0.1, -0.05) is 19.1 Å². The van der Waals surface area contributed by atoms with E-state index < -0.39 is 0 Å². The van der Waals surface area contributed by atoms with Crippen LogP contribution in [0.15, 0.2) is 24.3 Å². The van der Waals surface area contributed by atoms with Crippen molar-refractivity contribution in [2.24, 2.45) is 0 Å². The van der Waals surface area contributed by atoms with E-state index in [2.05, 4.69) is 17.1 Å². The molecule has 1 N–H and O–H groups in total. The molecule has 21 heavy (non-hydrogen) atoms. The number of hydrogen-bond donors (Lipinski definition) is 1. The fourth-order valence-electron chi connectivity index (χ4n) is 2.44. The third-order valence-corrected chi connectivity index (χ3v) is 4.05. The van der Waals surface area contributed by atoms with Crippen LogP contribution in [-0.4, -0.2) is 41.9 Å². The van der Waals surface area contributed by atoms with E-state index in [1.807, 2.05) is 24.3 Å². The summed E-state index contributed by atoms with van der Waals surface area (Å²) in [6.07, 6.45) is 3.55. The first kappa shape index (κ1) is 14.4. The number of ether oxygens (including phenoxy) is 2. The van der Waals surface area contributed by atoms with Gasteiger partial charge in [-0.25, -0.2) is 0 Å². The number of rotatable bonds is 5. The zero-order valence-electron chi connectivity index (χ0n) is 12.4. The van der Waals surface area contributed by atoms with Gasteiger partial charge in [0.1, 0.15) is 6.61 Å². The Bertz CT molecular complexity index is 505. The Kier molecular flexibility index (Phi) is 4.48. The van der Waals surface area contributed by atoms with Crippen molar-refractivity contribution in [2.75, 3.05) is 19.7 Å². The van der Waals surface area contributed by atoms with Crippen molar-refractivity contribution in [3.8, 4) is 11.5 Å². The van der Waals surface area contributed by atoms with E-state index in [1.165, 1.54) is 12.8 Å². The maximum atomic E-state index is 6.03. The van der Waals surface area contributed by atoms with Gasteiger partial charge in [0.25, 0.3) is 0 Å². The largest absolute Gasteiger partial charge is 0.486 e. The minimum absolute atomic E-state index is 0.0189. The Labute approximate surface area is 131 Å². The summed E-state index contributed by atoms with van der Waals surface area (Å²) in [4.78, 5) is 2.20. The Hall–Kier alpha value is -1.49. The smallest absolute Gasteiger partial charge is 0.169 e. The first-order valence-electron chi connectivity index (χ1n) is 7.70. The third kappa shape index (κ3) is 3.79. The number of hydrogen-bond acceptors (Lipinski definition) is 3. The standard InChI is InChI=1S/C16H22N2O2S/c1-2-9-18(16(21)17-12-7-8-12)10-13-11-19-14-5-3-4-6-15(14)20-13/h3-6,12-13H,2,7-11H2,1H3,(H,17,21)/t13-/m0/s1. The predicted molar refractivity (Wildman–Crippen MR) is 87.0 cm³/mol. The van der Waals surface area contributed by atoms with Gasteiger partial charge in [-0.15, -0.1) is 0 Å². The maximum absolute atomic E-state index is 6.03. The van der Waals surface area contributed by atoms with Crippen molar-refractivity contribution in [3.63, 3.8) is 0 Å². The van der Waals surface area contributed by atoms with Crippen LogP contribution in [0.25, 0.3) is 0 Å². The molecule has 1 aliphatic carbocycles. The molecule has 0 radical (unpaired) electrons. The highest BCUT2D eigenvalue weighted by atomic mass is 32.1. The zero-order chi connectivity index (χ0) is 14.7. The minimum Gasteiger partial charge on any atom is -0.486 e. The molecule has 0 saturated heterocycles. The van der Waals surface area contributed by atoms with Crippen LogP contribution in [0, 0.1) is 0 Å². The number of thiocarbonyl (C=S) groups is 1. The highest BCUT2D eigenvalue weighted by Gasteiger charge is 2.27. The molecule has 0 amide bonds. The average Bonchev–Trinajstić information content (AvgIpc) is 3.30. The molecular weight excluding hydrogens is 284 g/mol. The van der Waals surface area contributed by atoms with Crippen molar-refractivity contribution in [1.29, 1.82) is 0 Å². The fourth-order valence-corrected chi connectivity index (χ4v) is 2.77. The average molecular weight is 306 g/mol. The van der Waals surface area contributed by atoms with E-state index in [9.17, 15) is 0 Å². The molecule has 5 heteroatoms. The molecule has 114 valence electrons. The van der Waals surface area contributed by atoms with Gasteiger partial charge in [0, 0.05) is 12.6 Å². The van der Waals surface area contributed by atoms with E-state index in [0.29, 0.717) is 12.6 Å². The van der Waals surface area contributed by atoms with Crippen LogP contribution in [0.3, 0.4) is 0 Å². The van der Waals surface area contributed by atoms with E-state index in [4.69, 9.17) is 21.7 Å². The van der Waals surface area contributed by atoms with Crippen LogP contribution in [0.1, 0.15) is 26.2 Å². The van der Waals surface area contributed by atoms with Crippen molar-refractivity contribution in [3.05, 3.63) is 24.3 Å². The van der Waals surface area contributed by atoms with Gasteiger partial charge < -0.3 is 19.7 Å². The van der Waals surface area contributed by atoms with Crippen LogP contribution in [-0.2, 0) is 0 Å². The molecule has 0 bridgehead atoms. The second kappa shape index (κ2) is 6.52. The molecule has 1 aromatic carbocycles. The monoisotopic (exact) mass is 306 g/mol. The number of benzene rings is 1. The molecule has 1 saturated carbocycles.